The third-order valence-electron chi connectivity index (χ3n) is 7.25. The van der Waals surface area contributed by atoms with Gasteiger partial charge >= 0.3 is 13.6 Å². The molecule has 2 bridgehead atoms. The Bertz CT molecular complexity index is 1910. The van der Waals surface area contributed by atoms with Gasteiger partial charge in [0, 0.05) is 12.6 Å². The average Bonchev–Trinajstić information content (AvgIpc) is 3.72. The van der Waals surface area contributed by atoms with Crippen molar-refractivity contribution in [1.82, 2.24) is 34.1 Å². The van der Waals surface area contributed by atoms with Gasteiger partial charge in [0.1, 0.15) is 23.8 Å². The predicted molar refractivity (Wildman–Crippen MR) is 157 cm³/mol. The maximum absolute atomic E-state index is 16.0. The second-order valence-corrected chi connectivity index (χ2v) is 15.9. The number of nitrogen functional groups attached to an aromatic ring is 2. The highest BCUT2D eigenvalue weighted by Gasteiger charge is 2.52. The van der Waals surface area contributed by atoms with Crippen LogP contribution in [0, 0.1) is 0 Å². The molecule has 0 spiro atoms. The van der Waals surface area contributed by atoms with E-state index in [9.17, 15) is 13.9 Å². The minimum atomic E-state index is -4.26. The number of nitrogens with one attached hydrogen (secondary N) is 1. The largest absolute Gasteiger partial charge is 0.397 e. The van der Waals surface area contributed by atoms with Crippen LogP contribution in [-0.4, -0.2) is 77.9 Å². The van der Waals surface area contributed by atoms with E-state index in [1.165, 1.54) is 34.1 Å². The Kier molecular flexibility index (Phi) is 7.55. The summed E-state index contributed by atoms with van der Waals surface area (Å²) in [5.74, 6) is -0.170. The molecular formula is C21H24FN9O9P2S2. The Morgan fingerprint density at radius 1 is 0.932 bits per heavy atom. The fourth-order valence-corrected chi connectivity index (χ4v) is 8.33. The SMILES string of the molecule is Nc1nc2c(ncn2[C@@H]2O[C@@H]3CO[P@@](=O)(S)OC4C(F)[C@H](n5cnc6c(N)ccnc65)O[C@@H]4CO[P@@](=O)(S)OC2C3)c(=O)[nH]1. The zero-order valence-corrected chi connectivity index (χ0v) is 25.7. The summed E-state index contributed by atoms with van der Waals surface area (Å²) in [5.41, 5.74) is 12.0. The third-order valence-corrected chi connectivity index (χ3v) is 10.5. The number of ether oxygens (including phenoxy) is 2. The molecule has 3 unspecified atom stereocenters. The summed E-state index contributed by atoms with van der Waals surface area (Å²) >= 11 is 8.17. The first kappa shape index (κ1) is 30.1. The van der Waals surface area contributed by atoms with E-state index in [0.29, 0.717) is 11.2 Å². The molecule has 7 rings (SSSR count). The Balaban J connectivity index is 1.19. The van der Waals surface area contributed by atoms with Crippen LogP contribution in [0.25, 0.3) is 22.3 Å². The van der Waals surface area contributed by atoms with Crippen LogP contribution in [0.1, 0.15) is 18.9 Å². The molecule has 0 saturated carbocycles. The molecule has 9 atom stereocenters. The van der Waals surface area contributed by atoms with Crippen molar-refractivity contribution < 1.29 is 41.1 Å². The fraction of sp³-hybridized carbons (Fsp3) is 0.476. The summed E-state index contributed by atoms with van der Waals surface area (Å²) < 4.78 is 79.8. The molecule has 44 heavy (non-hydrogen) atoms. The number of pyridine rings is 1. The van der Waals surface area contributed by atoms with Crippen molar-refractivity contribution in [2.24, 2.45) is 0 Å². The number of nitrogens with two attached hydrogens (primary N) is 2. The quantitative estimate of drug-likeness (QED) is 0.150. The summed E-state index contributed by atoms with van der Waals surface area (Å²) in [4.78, 5) is 31.2. The molecule has 0 aliphatic carbocycles. The number of hydrogen-bond donors (Lipinski definition) is 5. The van der Waals surface area contributed by atoms with Gasteiger partial charge in [-0.05, 0) is 6.07 Å². The molecule has 7 heterocycles. The van der Waals surface area contributed by atoms with Crippen molar-refractivity contribution in [2.45, 2.75) is 49.5 Å². The molecule has 3 fully saturated rings. The van der Waals surface area contributed by atoms with E-state index in [1.54, 1.807) is 0 Å². The maximum Gasteiger partial charge on any atom is 0.386 e. The Morgan fingerprint density at radius 2 is 1.64 bits per heavy atom. The van der Waals surface area contributed by atoms with E-state index in [-0.39, 0.29) is 35.8 Å². The number of alkyl halides is 1. The monoisotopic (exact) mass is 691 g/mol. The number of aromatic amines is 1. The van der Waals surface area contributed by atoms with Crippen LogP contribution < -0.4 is 17.0 Å². The van der Waals surface area contributed by atoms with Crippen LogP contribution in [0.2, 0.25) is 0 Å². The minimum Gasteiger partial charge on any atom is -0.397 e. The summed E-state index contributed by atoms with van der Waals surface area (Å²) in [7, 11) is 0. The van der Waals surface area contributed by atoms with E-state index in [0.717, 1.165) is 0 Å². The lowest BCUT2D eigenvalue weighted by molar-refractivity contribution is -0.0561. The van der Waals surface area contributed by atoms with Gasteiger partial charge in [0.15, 0.2) is 35.4 Å². The van der Waals surface area contributed by atoms with E-state index in [1.807, 2.05) is 0 Å². The second kappa shape index (κ2) is 11.0. The summed E-state index contributed by atoms with van der Waals surface area (Å²) in [6, 6.07) is 1.54. The van der Waals surface area contributed by atoms with E-state index in [2.05, 4.69) is 49.4 Å². The Labute approximate surface area is 256 Å². The number of imidazole rings is 2. The number of nitrogens with zero attached hydrogens (tertiary/aromatic N) is 6. The van der Waals surface area contributed by atoms with Gasteiger partial charge in [-0.3, -0.25) is 37.0 Å². The van der Waals surface area contributed by atoms with Gasteiger partial charge in [0.25, 0.3) is 5.56 Å². The first-order chi connectivity index (χ1) is 20.9. The van der Waals surface area contributed by atoms with Crippen molar-refractivity contribution in [3.8, 4) is 0 Å². The predicted octanol–water partition coefficient (Wildman–Crippen LogP) is 2.14. The lowest BCUT2D eigenvalue weighted by atomic mass is 10.1. The van der Waals surface area contributed by atoms with Crippen molar-refractivity contribution in [1.29, 1.82) is 0 Å². The molecule has 3 saturated heterocycles. The van der Waals surface area contributed by atoms with Crippen molar-refractivity contribution in [3.63, 3.8) is 0 Å². The Morgan fingerprint density at radius 3 is 2.43 bits per heavy atom. The van der Waals surface area contributed by atoms with Gasteiger partial charge in [0.2, 0.25) is 5.95 Å². The molecule has 236 valence electrons. The molecular weight excluding hydrogens is 667 g/mol. The molecule has 3 aliphatic heterocycles. The molecule has 0 radical (unpaired) electrons. The van der Waals surface area contributed by atoms with Crippen LogP contribution in [-0.2, 0) is 36.7 Å². The molecule has 0 aromatic carbocycles. The molecule has 0 amide bonds. The number of halogens is 1. The minimum absolute atomic E-state index is 0.0301. The zero-order valence-electron chi connectivity index (χ0n) is 22.2. The first-order valence-corrected chi connectivity index (χ1v) is 18.3. The topological polar surface area (TPSA) is 236 Å². The highest BCUT2D eigenvalue weighted by Crippen LogP contribution is 2.60. The van der Waals surface area contributed by atoms with Gasteiger partial charge in [-0.1, -0.05) is 24.5 Å². The Hall–Kier alpha value is -2.58. The highest BCUT2D eigenvalue weighted by atomic mass is 32.7. The van der Waals surface area contributed by atoms with Gasteiger partial charge in [-0.25, -0.2) is 28.5 Å². The fourth-order valence-electron chi connectivity index (χ4n) is 5.34. The van der Waals surface area contributed by atoms with E-state index in [4.69, 9.17) is 39.0 Å². The molecule has 4 aromatic rings. The average molecular weight is 692 g/mol. The summed E-state index contributed by atoms with van der Waals surface area (Å²) in [5, 5.41) is 0. The van der Waals surface area contributed by atoms with E-state index >= 15 is 4.39 Å². The highest BCUT2D eigenvalue weighted by molar-refractivity contribution is 8.44. The molecule has 4 aromatic heterocycles. The van der Waals surface area contributed by atoms with Gasteiger partial charge in [-0.2, -0.15) is 4.98 Å². The third kappa shape index (κ3) is 5.44. The van der Waals surface area contributed by atoms with Crippen molar-refractivity contribution in [3.05, 3.63) is 35.3 Å². The standard InChI is InChI=1S/C21H24FN9O9P2S2/c22-12-15-11(38-20(12)30-6-26-13-9(23)1-2-25-16(13)30)5-36-41(33,43)39-10-3-8(4-35-42(34,44)40-15)37-19(10)31-7-27-14-17(31)28-21(24)29-18(14)32/h1-2,6-8,10-12,15,19-20H,3-5H2,(H2,23,25)(H,33,43)(H,34,44)(H3,24,28,29,32)/t8-,10?,11+,12?,15?,19+,20+,41+,42+/m0/s1. The summed E-state index contributed by atoms with van der Waals surface area (Å²) in [6.45, 7) is -9.39. The second-order valence-electron chi connectivity index (χ2n) is 10.1. The van der Waals surface area contributed by atoms with Crippen LogP contribution in [0.3, 0.4) is 0 Å². The number of H-pyrrole nitrogens is 1. The normalized spacial score (nSPS) is 36.6. The smallest absolute Gasteiger partial charge is 0.386 e. The number of hydrogen-bond acceptors (Lipinski definition) is 15. The first-order valence-electron chi connectivity index (χ1n) is 12.9. The number of aromatic nitrogens is 7. The summed E-state index contributed by atoms with van der Waals surface area (Å²) in [6.07, 6.45) is -5.10. The lowest BCUT2D eigenvalue weighted by Gasteiger charge is -2.26. The van der Waals surface area contributed by atoms with Crippen LogP contribution in [0.4, 0.5) is 16.0 Å². The maximum atomic E-state index is 16.0. The van der Waals surface area contributed by atoms with Gasteiger partial charge in [-0.15, -0.1) is 0 Å². The molecule has 5 N–H and O–H groups in total. The number of anilines is 2. The van der Waals surface area contributed by atoms with Gasteiger partial charge in [0.05, 0.1) is 37.7 Å². The molecule has 3 aliphatic rings. The number of rotatable bonds is 2. The lowest BCUT2D eigenvalue weighted by Crippen LogP contribution is -2.33. The van der Waals surface area contributed by atoms with E-state index < -0.39 is 68.8 Å². The van der Waals surface area contributed by atoms with Crippen LogP contribution >= 0.6 is 38.1 Å². The van der Waals surface area contributed by atoms with Crippen LogP contribution in [0.15, 0.2) is 29.7 Å². The van der Waals surface area contributed by atoms with Crippen molar-refractivity contribution >= 4 is 72.1 Å². The van der Waals surface area contributed by atoms with Crippen LogP contribution in [0.5, 0.6) is 0 Å². The van der Waals surface area contributed by atoms with Gasteiger partial charge < -0.3 is 20.9 Å². The zero-order chi connectivity index (χ0) is 31.0. The van der Waals surface area contributed by atoms with Crippen molar-refractivity contribution in [2.75, 3.05) is 24.7 Å². The number of thiol groups is 2. The number of fused-ring (bicyclic) bond motifs is 5. The molecule has 23 heteroatoms. The molecule has 18 nitrogen and oxygen atoms in total.